The summed E-state index contributed by atoms with van der Waals surface area (Å²) >= 11 is 0. The van der Waals surface area contributed by atoms with Gasteiger partial charge in [-0.05, 0) is 43.9 Å². The number of halogens is 2. The van der Waals surface area contributed by atoms with Crippen LogP contribution in [0.25, 0.3) is 0 Å². The average molecular weight is 416 g/mol. The summed E-state index contributed by atoms with van der Waals surface area (Å²) < 4.78 is 27.6. The van der Waals surface area contributed by atoms with Crippen LogP contribution in [0.2, 0.25) is 0 Å². The van der Waals surface area contributed by atoms with Crippen molar-refractivity contribution in [3.05, 3.63) is 65.7 Å². The van der Waals surface area contributed by atoms with Gasteiger partial charge in [-0.2, -0.15) is 0 Å². The second kappa shape index (κ2) is 10.5. The van der Waals surface area contributed by atoms with Gasteiger partial charge < -0.3 is 15.1 Å². The van der Waals surface area contributed by atoms with Crippen LogP contribution in [-0.2, 0) is 6.54 Å². The molecule has 0 aromatic heterocycles. The van der Waals surface area contributed by atoms with E-state index in [4.69, 9.17) is 0 Å². The molecule has 1 N–H and O–H groups in total. The summed E-state index contributed by atoms with van der Waals surface area (Å²) in [6, 6.07) is 13.0. The molecule has 2 amide bonds. The Labute approximate surface area is 177 Å². The summed E-state index contributed by atoms with van der Waals surface area (Å²) in [7, 11) is 0. The van der Waals surface area contributed by atoms with E-state index in [9.17, 15) is 13.6 Å². The Bertz CT molecular complexity index is 822. The van der Waals surface area contributed by atoms with Gasteiger partial charge in [-0.3, -0.25) is 0 Å². The predicted octanol–water partition coefficient (Wildman–Crippen LogP) is 5.65. The normalized spacial score (nSPS) is 16.3. The van der Waals surface area contributed by atoms with Crippen molar-refractivity contribution in [2.45, 2.75) is 58.2 Å². The van der Waals surface area contributed by atoms with Crippen LogP contribution in [0.1, 0.15) is 45.1 Å². The first-order valence-electron chi connectivity index (χ1n) is 10.8. The van der Waals surface area contributed by atoms with Crippen molar-refractivity contribution < 1.29 is 13.6 Å². The third kappa shape index (κ3) is 5.79. The maximum absolute atomic E-state index is 14.1. The highest BCUT2D eigenvalue weighted by Gasteiger charge is 2.30. The minimum absolute atomic E-state index is 0.0481. The second-order valence-corrected chi connectivity index (χ2v) is 8.07. The van der Waals surface area contributed by atoms with Crippen molar-refractivity contribution in [2.24, 2.45) is 0 Å². The van der Waals surface area contributed by atoms with Gasteiger partial charge in [0, 0.05) is 37.8 Å². The fraction of sp³-hybridized carbons (Fsp3) is 0.458. The summed E-state index contributed by atoms with van der Waals surface area (Å²) in [6.45, 7) is 6.74. The van der Waals surface area contributed by atoms with Crippen LogP contribution in [0.5, 0.6) is 0 Å². The zero-order valence-corrected chi connectivity index (χ0v) is 17.8. The largest absolute Gasteiger partial charge is 0.322 e. The Morgan fingerprint density at radius 3 is 2.53 bits per heavy atom. The maximum Gasteiger partial charge on any atom is 0.322 e. The minimum Gasteiger partial charge on any atom is -0.317 e. The number of rotatable bonds is 7. The van der Waals surface area contributed by atoms with E-state index in [1.54, 1.807) is 4.90 Å². The number of nitrogens with one attached hydrogen (secondary N) is 1. The zero-order valence-electron chi connectivity index (χ0n) is 17.8. The molecule has 3 rings (SSSR count). The number of hydrogen-bond acceptors (Lipinski definition) is 2. The third-order valence-corrected chi connectivity index (χ3v) is 5.90. The molecule has 30 heavy (non-hydrogen) atoms. The first kappa shape index (κ1) is 22.2. The highest BCUT2D eigenvalue weighted by Crippen LogP contribution is 2.24. The predicted molar refractivity (Wildman–Crippen MR) is 116 cm³/mol. The number of likely N-dealkylation sites (tertiary alicyclic amines) is 1. The summed E-state index contributed by atoms with van der Waals surface area (Å²) in [5.41, 5.74) is 0.876. The molecule has 1 aliphatic heterocycles. The maximum atomic E-state index is 14.1. The van der Waals surface area contributed by atoms with Gasteiger partial charge in [-0.25, -0.2) is 13.6 Å². The molecule has 1 heterocycles. The number of nitrogens with zero attached hydrogens (tertiary/aromatic N) is 2. The highest BCUT2D eigenvalue weighted by molar-refractivity contribution is 5.89. The third-order valence-electron chi connectivity index (χ3n) is 5.90. The fourth-order valence-electron chi connectivity index (χ4n) is 4.17. The van der Waals surface area contributed by atoms with Gasteiger partial charge in [0.2, 0.25) is 0 Å². The molecular formula is C24H31F2N3O. The van der Waals surface area contributed by atoms with Gasteiger partial charge in [0.25, 0.3) is 0 Å². The molecule has 2 aromatic rings. The zero-order chi connectivity index (χ0) is 21.5. The Balaban J connectivity index is 1.74. The van der Waals surface area contributed by atoms with E-state index in [0.717, 1.165) is 62.5 Å². The first-order chi connectivity index (χ1) is 14.5. The summed E-state index contributed by atoms with van der Waals surface area (Å²) in [5.74, 6) is -1.23. The Morgan fingerprint density at radius 2 is 1.87 bits per heavy atom. The summed E-state index contributed by atoms with van der Waals surface area (Å²) in [6.07, 6.45) is 4.04. The number of benzene rings is 2. The number of carbonyl (C=O) groups is 1. The van der Waals surface area contributed by atoms with Gasteiger partial charge in [-0.15, -0.1) is 0 Å². The van der Waals surface area contributed by atoms with E-state index in [2.05, 4.69) is 24.1 Å². The second-order valence-electron chi connectivity index (χ2n) is 8.07. The number of urea groups is 1. The van der Waals surface area contributed by atoms with E-state index < -0.39 is 17.7 Å². The van der Waals surface area contributed by atoms with Gasteiger partial charge in [0.05, 0.1) is 5.69 Å². The number of piperidine rings is 1. The monoisotopic (exact) mass is 415 g/mol. The molecule has 1 unspecified atom stereocenters. The lowest BCUT2D eigenvalue weighted by atomic mass is 10.00. The van der Waals surface area contributed by atoms with Gasteiger partial charge >= 0.3 is 6.03 Å². The lowest BCUT2D eigenvalue weighted by Crippen LogP contribution is -2.50. The van der Waals surface area contributed by atoms with E-state index in [0.29, 0.717) is 12.6 Å². The molecule has 0 aliphatic carbocycles. The average Bonchev–Trinajstić information content (AvgIpc) is 2.75. The lowest BCUT2D eigenvalue weighted by molar-refractivity contribution is 0.0989. The van der Waals surface area contributed by atoms with Crippen molar-refractivity contribution in [3.8, 4) is 0 Å². The number of anilines is 1. The molecule has 1 aliphatic rings. The van der Waals surface area contributed by atoms with Crippen LogP contribution in [0.3, 0.4) is 0 Å². The Morgan fingerprint density at radius 1 is 1.17 bits per heavy atom. The lowest BCUT2D eigenvalue weighted by Gasteiger charge is -2.40. The topological polar surface area (TPSA) is 35.6 Å². The van der Waals surface area contributed by atoms with E-state index >= 15 is 0 Å². The van der Waals surface area contributed by atoms with Gasteiger partial charge in [0.1, 0.15) is 11.6 Å². The fourth-order valence-corrected chi connectivity index (χ4v) is 4.17. The molecule has 0 saturated carbocycles. The molecule has 0 spiro atoms. The van der Waals surface area contributed by atoms with E-state index in [-0.39, 0.29) is 11.7 Å². The number of hydrogen-bond donors (Lipinski definition) is 1. The van der Waals surface area contributed by atoms with Crippen LogP contribution in [0, 0.1) is 11.6 Å². The molecule has 0 bridgehead atoms. The quantitative estimate of drug-likeness (QED) is 0.634. The van der Waals surface area contributed by atoms with Crippen LogP contribution in [-0.4, -0.2) is 41.0 Å². The van der Waals surface area contributed by atoms with Crippen molar-refractivity contribution >= 4 is 11.7 Å². The molecule has 1 saturated heterocycles. The molecular weight excluding hydrogens is 384 g/mol. The Kier molecular flexibility index (Phi) is 7.80. The molecule has 162 valence electrons. The summed E-state index contributed by atoms with van der Waals surface area (Å²) in [5, 5.41) is 2.58. The molecule has 0 radical (unpaired) electrons. The van der Waals surface area contributed by atoms with Gasteiger partial charge in [0.15, 0.2) is 0 Å². The van der Waals surface area contributed by atoms with Crippen LogP contribution >= 0.6 is 0 Å². The standard InChI is InChI=1S/C24H31F2N3O/c1-3-7-18(2)28-14-12-21(13-15-28)29(17-19-8-5-4-6-9-19)24(30)27-23-16-20(25)10-11-22(23)26/h4-6,8-11,16,18,21H,3,7,12-15,17H2,1-2H3,(H,27,30). The van der Waals surface area contributed by atoms with Crippen LogP contribution in [0.15, 0.2) is 48.5 Å². The molecule has 6 heteroatoms. The molecule has 2 aromatic carbocycles. The highest BCUT2D eigenvalue weighted by atomic mass is 19.1. The molecule has 4 nitrogen and oxygen atoms in total. The van der Waals surface area contributed by atoms with E-state index in [1.165, 1.54) is 0 Å². The van der Waals surface area contributed by atoms with Gasteiger partial charge in [-0.1, -0.05) is 43.7 Å². The van der Waals surface area contributed by atoms with Crippen molar-refractivity contribution in [1.82, 2.24) is 9.80 Å². The van der Waals surface area contributed by atoms with Crippen molar-refractivity contribution in [2.75, 3.05) is 18.4 Å². The van der Waals surface area contributed by atoms with E-state index in [1.807, 2.05) is 30.3 Å². The van der Waals surface area contributed by atoms with Crippen LogP contribution in [0.4, 0.5) is 19.3 Å². The summed E-state index contributed by atoms with van der Waals surface area (Å²) in [4.78, 5) is 17.4. The number of carbonyl (C=O) groups excluding carboxylic acids is 1. The first-order valence-corrected chi connectivity index (χ1v) is 10.8. The smallest absolute Gasteiger partial charge is 0.317 e. The van der Waals surface area contributed by atoms with Crippen molar-refractivity contribution in [1.29, 1.82) is 0 Å². The minimum atomic E-state index is -0.646. The van der Waals surface area contributed by atoms with Crippen LogP contribution < -0.4 is 5.32 Å². The van der Waals surface area contributed by atoms with Crippen molar-refractivity contribution in [3.63, 3.8) is 0 Å². The molecule has 1 atom stereocenters. The molecule has 1 fully saturated rings. The Hall–Kier alpha value is -2.47. The SMILES string of the molecule is CCCC(C)N1CCC(N(Cc2ccccc2)C(=O)Nc2cc(F)ccc2F)CC1. The number of amides is 2.